The first-order valence-electron chi connectivity index (χ1n) is 6.62. The molecule has 1 rings (SSSR count). The Labute approximate surface area is 124 Å². The second-order valence-electron chi connectivity index (χ2n) is 5.30. The molecule has 1 aromatic carbocycles. The van der Waals surface area contributed by atoms with Crippen molar-refractivity contribution in [3.05, 3.63) is 35.1 Å². The van der Waals surface area contributed by atoms with Crippen molar-refractivity contribution in [2.24, 2.45) is 0 Å². The normalized spacial score (nSPS) is 10.8. The Balaban J connectivity index is 3.18. The molecule has 0 fully saturated rings. The van der Waals surface area contributed by atoms with Crippen LogP contribution in [0.4, 0.5) is 4.39 Å². The molecular formula is C16H20FNO3. The molecule has 0 aliphatic rings. The van der Waals surface area contributed by atoms with Gasteiger partial charge in [-0.15, -0.1) is 0 Å². The van der Waals surface area contributed by atoms with Crippen LogP contribution in [0.3, 0.4) is 0 Å². The number of nitrogens with zero attached hydrogens (tertiary/aromatic N) is 1. The number of amides is 1. The van der Waals surface area contributed by atoms with Crippen molar-refractivity contribution in [2.75, 3.05) is 20.3 Å². The molecule has 0 aliphatic heterocycles. The first-order valence-corrected chi connectivity index (χ1v) is 6.62. The topological polar surface area (TPSA) is 60.8 Å². The molecule has 0 saturated carbocycles. The average molecular weight is 293 g/mol. The van der Waals surface area contributed by atoms with Crippen LogP contribution >= 0.6 is 0 Å². The smallest absolute Gasteiger partial charge is 0.255 e. The van der Waals surface area contributed by atoms with Gasteiger partial charge in [0.25, 0.3) is 5.91 Å². The van der Waals surface area contributed by atoms with Gasteiger partial charge in [0.15, 0.2) is 0 Å². The first kappa shape index (κ1) is 17.2. The van der Waals surface area contributed by atoms with Crippen molar-refractivity contribution in [3.63, 3.8) is 0 Å². The molecule has 0 unspecified atom stereocenters. The van der Waals surface area contributed by atoms with E-state index in [1.807, 2.05) is 0 Å². The van der Waals surface area contributed by atoms with Gasteiger partial charge in [-0.2, -0.15) is 0 Å². The SMILES string of the molecule is CN(C(=O)c1ccc(F)cc1C#CCCO)C(C)(C)CO. The van der Waals surface area contributed by atoms with Crippen molar-refractivity contribution in [2.45, 2.75) is 25.8 Å². The van der Waals surface area contributed by atoms with E-state index in [2.05, 4.69) is 11.8 Å². The first-order chi connectivity index (χ1) is 9.83. The highest BCUT2D eigenvalue weighted by Gasteiger charge is 2.28. The molecule has 0 spiro atoms. The molecule has 1 aromatic rings. The number of hydrogen-bond donors (Lipinski definition) is 2. The lowest BCUT2D eigenvalue weighted by Gasteiger charge is -2.34. The summed E-state index contributed by atoms with van der Waals surface area (Å²) >= 11 is 0. The fraction of sp³-hybridized carbons (Fsp3) is 0.438. The van der Waals surface area contributed by atoms with E-state index in [4.69, 9.17) is 5.11 Å². The molecule has 4 nitrogen and oxygen atoms in total. The molecule has 5 heteroatoms. The Hall–Kier alpha value is -1.90. The van der Waals surface area contributed by atoms with Gasteiger partial charge < -0.3 is 15.1 Å². The van der Waals surface area contributed by atoms with Crippen LogP contribution in [-0.4, -0.2) is 46.8 Å². The Morgan fingerprint density at radius 1 is 1.38 bits per heavy atom. The van der Waals surface area contributed by atoms with E-state index in [0.29, 0.717) is 0 Å². The summed E-state index contributed by atoms with van der Waals surface area (Å²) in [6.45, 7) is 3.17. The van der Waals surface area contributed by atoms with E-state index in [1.54, 1.807) is 20.9 Å². The summed E-state index contributed by atoms with van der Waals surface area (Å²) in [5, 5.41) is 18.1. The minimum atomic E-state index is -0.735. The molecular weight excluding hydrogens is 273 g/mol. The van der Waals surface area contributed by atoms with Gasteiger partial charge in [0, 0.05) is 19.0 Å². The minimum absolute atomic E-state index is 0.0942. The lowest BCUT2D eigenvalue weighted by Crippen LogP contribution is -2.47. The third-order valence-corrected chi connectivity index (χ3v) is 3.27. The van der Waals surface area contributed by atoms with Crippen LogP contribution < -0.4 is 0 Å². The van der Waals surface area contributed by atoms with Gasteiger partial charge in [-0.05, 0) is 32.0 Å². The number of likely N-dealkylation sites (N-methyl/N-ethyl adjacent to an activating group) is 1. The van der Waals surface area contributed by atoms with Crippen LogP contribution in [0, 0.1) is 17.7 Å². The van der Waals surface area contributed by atoms with Gasteiger partial charge in [-0.3, -0.25) is 4.79 Å². The number of aliphatic hydroxyl groups excluding tert-OH is 2. The molecule has 0 heterocycles. The predicted octanol–water partition coefficient (Wildman–Crippen LogP) is 1.40. The van der Waals surface area contributed by atoms with Crippen molar-refractivity contribution < 1.29 is 19.4 Å². The second-order valence-corrected chi connectivity index (χ2v) is 5.30. The zero-order valence-corrected chi connectivity index (χ0v) is 12.5. The molecule has 0 aliphatic carbocycles. The molecule has 114 valence electrons. The number of benzene rings is 1. The number of hydrogen-bond acceptors (Lipinski definition) is 3. The molecule has 0 saturated heterocycles. The monoisotopic (exact) mass is 293 g/mol. The Bertz CT molecular complexity index is 573. The van der Waals surface area contributed by atoms with Crippen LogP contribution in [0.1, 0.15) is 36.2 Å². The number of carbonyl (C=O) groups excluding carboxylic acids is 1. The van der Waals surface area contributed by atoms with Gasteiger partial charge in [0.1, 0.15) is 5.82 Å². The Morgan fingerprint density at radius 3 is 2.62 bits per heavy atom. The fourth-order valence-electron chi connectivity index (χ4n) is 1.58. The highest BCUT2D eigenvalue weighted by atomic mass is 19.1. The standard InChI is InChI=1S/C16H20FNO3/c1-16(2,11-20)18(3)15(21)14-8-7-13(17)10-12(14)6-4-5-9-19/h7-8,10,19-20H,5,9,11H2,1-3H3. The van der Waals surface area contributed by atoms with E-state index in [1.165, 1.54) is 23.1 Å². The lowest BCUT2D eigenvalue weighted by molar-refractivity contribution is 0.0473. The molecule has 0 aromatic heterocycles. The zero-order valence-electron chi connectivity index (χ0n) is 12.5. The van der Waals surface area contributed by atoms with Crippen molar-refractivity contribution >= 4 is 5.91 Å². The van der Waals surface area contributed by atoms with Crippen LogP contribution in [-0.2, 0) is 0 Å². The van der Waals surface area contributed by atoms with Crippen LogP contribution in [0.15, 0.2) is 18.2 Å². The minimum Gasteiger partial charge on any atom is -0.395 e. The Morgan fingerprint density at radius 2 is 2.05 bits per heavy atom. The molecule has 0 bridgehead atoms. The second kappa shape index (κ2) is 7.21. The summed E-state index contributed by atoms with van der Waals surface area (Å²) < 4.78 is 13.3. The van der Waals surface area contributed by atoms with Crippen molar-refractivity contribution in [1.29, 1.82) is 0 Å². The van der Waals surface area contributed by atoms with Gasteiger partial charge in [-0.25, -0.2) is 4.39 Å². The number of aliphatic hydroxyl groups is 2. The van der Waals surface area contributed by atoms with Gasteiger partial charge in [-0.1, -0.05) is 11.8 Å². The fourth-order valence-corrected chi connectivity index (χ4v) is 1.58. The molecule has 1 amide bonds. The van der Waals surface area contributed by atoms with E-state index >= 15 is 0 Å². The van der Waals surface area contributed by atoms with Crippen molar-refractivity contribution in [3.8, 4) is 11.8 Å². The van der Waals surface area contributed by atoms with Crippen LogP contribution in [0.25, 0.3) is 0 Å². The maximum Gasteiger partial charge on any atom is 0.255 e. The highest BCUT2D eigenvalue weighted by Crippen LogP contribution is 2.18. The third-order valence-electron chi connectivity index (χ3n) is 3.27. The number of rotatable bonds is 4. The van der Waals surface area contributed by atoms with E-state index in [-0.39, 0.29) is 36.7 Å². The molecule has 2 N–H and O–H groups in total. The van der Waals surface area contributed by atoms with Gasteiger partial charge >= 0.3 is 0 Å². The van der Waals surface area contributed by atoms with E-state index < -0.39 is 11.4 Å². The summed E-state index contributed by atoms with van der Waals surface area (Å²) in [5.41, 5.74) is -0.193. The zero-order chi connectivity index (χ0) is 16.0. The summed E-state index contributed by atoms with van der Waals surface area (Å²) in [4.78, 5) is 13.9. The summed E-state index contributed by atoms with van der Waals surface area (Å²) in [6.07, 6.45) is 0.252. The van der Waals surface area contributed by atoms with Crippen LogP contribution in [0.2, 0.25) is 0 Å². The summed E-state index contributed by atoms with van der Waals surface area (Å²) in [7, 11) is 1.58. The molecule has 21 heavy (non-hydrogen) atoms. The maximum atomic E-state index is 13.3. The van der Waals surface area contributed by atoms with E-state index in [0.717, 1.165) is 0 Å². The highest BCUT2D eigenvalue weighted by molar-refractivity contribution is 5.97. The van der Waals surface area contributed by atoms with Crippen LogP contribution in [0.5, 0.6) is 0 Å². The summed E-state index contributed by atoms with van der Waals surface area (Å²) in [6, 6.07) is 3.77. The molecule has 0 atom stereocenters. The third kappa shape index (κ3) is 4.28. The largest absolute Gasteiger partial charge is 0.395 e. The number of carbonyl (C=O) groups is 1. The lowest BCUT2D eigenvalue weighted by atomic mass is 10.0. The van der Waals surface area contributed by atoms with Gasteiger partial charge in [0.05, 0.1) is 24.3 Å². The van der Waals surface area contributed by atoms with Crippen molar-refractivity contribution in [1.82, 2.24) is 4.90 Å². The summed E-state index contributed by atoms with van der Waals surface area (Å²) in [5.74, 6) is 4.55. The number of halogens is 1. The molecule has 0 radical (unpaired) electrons. The predicted molar refractivity (Wildman–Crippen MR) is 78.2 cm³/mol. The Kier molecular flexibility index (Phi) is 5.89. The average Bonchev–Trinajstić information content (AvgIpc) is 2.46. The van der Waals surface area contributed by atoms with E-state index in [9.17, 15) is 14.3 Å². The quantitative estimate of drug-likeness (QED) is 0.825. The maximum absolute atomic E-state index is 13.3. The van der Waals surface area contributed by atoms with Gasteiger partial charge in [0.2, 0.25) is 0 Å².